The first-order valence-corrected chi connectivity index (χ1v) is 6.91. The number of nitrogens with two attached hydrogens (primary N) is 1. The Hall–Kier alpha value is -1.33. The van der Waals surface area contributed by atoms with E-state index in [1.807, 2.05) is 17.0 Å². The predicted octanol–water partition coefficient (Wildman–Crippen LogP) is 1.69. The molecule has 0 radical (unpaired) electrons. The molecule has 1 aromatic rings. The Morgan fingerprint density at radius 2 is 2.32 bits per heavy atom. The summed E-state index contributed by atoms with van der Waals surface area (Å²) in [5.74, 6) is 0.0204. The van der Waals surface area contributed by atoms with Gasteiger partial charge in [0, 0.05) is 19.2 Å². The molecule has 1 fully saturated rings. The number of thiocarbonyl (C=S) groups is 1. The highest BCUT2D eigenvalue weighted by Gasteiger charge is 2.31. The van der Waals surface area contributed by atoms with Crippen LogP contribution in [-0.2, 0) is 4.79 Å². The second-order valence-corrected chi connectivity index (χ2v) is 5.34. The van der Waals surface area contributed by atoms with Gasteiger partial charge in [0.25, 0.3) is 0 Å². The molecule has 1 unspecified atom stereocenters. The molecule has 0 aromatic heterocycles. The first-order valence-electron chi connectivity index (χ1n) is 6.12. The minimum absolute atomic E-state index is 0.0204. The lowest BCUT2D eigenvalue weighted by Crippen LogP contribution is -2.42. The van der Waals surface area contributed by atoms with E-state index in [-0.39, 0.29) is 11.9 Å². The molecule has 3 N–H and O–H groups in total. The summed E-state index contributed by atoms with van der Waals surface area (Å²) in [6, 6.07) is 5.30. The van der Waals surface area contributed by atoms with Gasteiger partial charge in [-0.1, -0.05) is 23.8 Å². The number of hydrogen-bond acceptors (Lipinski definition) is 3. The number of carbonyl (C=O) groups is 1. The van der Waals surface area contributed by atoms with Crippen LogP contribution in [0.2, 0.25) is 5.02 Å². The Morgan fingerprint density at radius 3 is 2.89 bits per heavy atom. The number of benzene rings is 1. The van der Waals surface area contributed by atoms with Gasteiger partial charge >= 0.3 is 0 Å². The van der Waals surface area contributed by atoms with Crippen molar-refractivity contribution in [3.05, 3.63) is 28.8 Å². The van der Waals surface area contributed by atoms with Gasteiger partial charge in [0.05, 0.1) is 10.7 Å². The molecule has 1 aliphatic rings. The fourth-order valence-corrected chi connectivity index (χ4v) is 2.80. The maximum Gasteiger partial charge on any atom is 0.242 e. The topological polar surface area (TPSA) is 58.4 Å². The molecule has 1 aliphatic heterocycles. The summed E-state index contributed by atoms with van der Waals surface area (Å²) in [7, 11) is 1.65. The van der Waals surface area contributed by atoms with Gasteiger partial charge in [0.2, 0.25) is 5.91 Å². The fourth-order valence-electron chi connectivity index (χ4n) is 2.39. The fraction of sp³-hybridized carbons (Fsp3) is 0.385. The molecule has 6 heteroatoms. The monoisotopic (exact) mass is 297 g/mol. The summed E-state index contributed by atoms with van der Waals surface area (Å²) in [5.41, 5.74) is 7.17. The Morgan fingerprint density at radius 1 is 1.58 bits per heavy atom. The molecule has 1 aromatic carbocycles. The summed E-state index contributed by atoms with van der Waals surface area (Å²) in [6.07, 6.45) is 1.82. The molecule has 1 heterocycles. The van der Waals surface area contributed by atoms with Gasteiger partial charge in [-0.2, -0.15) is 0 Å². The van der Waals surface area contributed by atoms with Crippen LogP contribution in [0.4, 0.5) is 5.69 Å². The van der Waals surface area contributed by atoms with Gasteiger partial charge in [-0.3, -0.25) is 4.79 Å². The molecular weight excluding hydrogens is 282 g/mol. The van der Waals surface area contributed by atoms with E-state index in [2.05, 4.69) is 5.32 Å². The number of carbonyl (C=O) groups excluding carboxylic acids is 1. The zero-order chi connectivity index (χ0) is 14.0. The zero-order valence-electron chi connectivity index (χ0n) is 10.6. The van der Waals surface area contributed by atoms with E-state index in [1.54, 1.807) is 13.1 Å². The number of amides is 1. The lowest BCUT2D eigenvalue weighted by atomic mass is 10.1. The second kappa shape index (κ2) is 5.75. The van der Waals surface area contributed by atoms with Gasteiger partial charge in [-0.05, 0) is 31.0 Å². The van der Waals surface area contributed by atoms with Crippen LogP contribution in [0.5, 0.6) is 0 Å². The smallest absolute Gasteiger partial charge is 0.242 e. The van der Waals surface area contributed by atoms with Crippen molar-refractivity contribution in [1.29, 1.82) is 0 Å². The van der Waals surface area contributed by atoms with Crippen LogP contribution >= 0.6 is 23.8 Å². The summed E-state index contributed by atoms with van der Waals surface area (Å²) in [5, 5.41) is 3.26. The van der Waals surface area contributed by atoms with Crippen LogP contribution < -0.4 is 16.0 Å². The van der Waals surface area contributed by atoms with Gasteiger partial charge in [0.1, 0.15) is 11.0 Å². The van der Waals surface area contributed by atoms with Crippen molar-refractivity contribution in [2.24, 2.45) is 5.73 Å². The molecule has 1 atom stereocenters. The van der Waals surface area contributed by atoms with Crippen LogP contribution in [0, 0.1) is 0 Å². The first-order chi connectivity index (χ1) is 9.04. The van der Waals surface area contributed by atoms with Crippen LogP contribution in [0.15, 0.2) is 18.2 Å². The second-order valence-electron chi connectivity index (χ2n) is 4.50. The number of anilines is 1. The number of nitrogens with zero attached hydrogens (tertiary/aromatic N) is 1. The predicted molar refractivity (Wildman–Crippen MR) is 81.8 cm³/mol. The van der Waals surface area contributed by atoms with Gasteiger partial charge in [0.15, 0.2) is 0 Å². The van der Waals surface area contributed by atoms with Crippen molar-refractivity contribution in [2.45, 2.75) is 18.9 Å². The zero-order valence-corrected chi connectivity index (χ0v) is 12.2. The van der Waals surface area contributed by atoms with Crippen LogP contribution in [0.1, 0.15) is 18.4 Å². The number of hydrogen-bond donors (Lipinski definition) is 2. The molecule has 0 saturated carbocycles. The molecule has 1 amide bonds. The Kier molecular flexibility index (Phi) is 4.27. The van der Waals surface area contributed by atoms with E-state index >= 15 is 0 Å². The number of nitrogens with one attached hydrogen (secondary N) is 1. The van der Waals surface area contributed by atoms with Crippen LogP contribution in [-0.4, -0.2) is 30.5 Å². The average Bonchev–Trinajstić information content (AvgIpc) is 2.86. The lowest BCUT2D eigenvalue weighted by Gasteiger charge is -2.26. The molecule has 0 bridgehead atoms. The summed E-state index contributed by atoms with van der Waals surface area (Å²) in [6.45, 7) is 0.824. The lowest BCUT2D eigenvalue weighted by molar-refractivity contribution is -0.121. The minimum Gasteiger partial charge on any atom is -0.389 e. The quantitative estimate of drug-likeness (QED) is 0.834. The highest BCUT2D eigenvalue weighted by Crippen LogP contribution is 2.32. The normalized spacial score (nSPS) is 18.4. The molecule has 1 saturated heterocycles. The highest BCUT2D eigenvalue weighted by molar-refractivity contribution is 7.80. The molecular formula is C13H16ClN3OS. The van der Waals surface area contributed by atoms with E-state index in [0.717, 1.165) is 30.6 Å². The van der Waals surface area contributed by atoms with Crippen LogP contribution in [0.25, 0.3) is 0 Å². The van der Waals surface area contributed by atoms with Crippen molar-refractivity contribution in [3.8, 4) is 0 Å². The largest absolute Gasteiger partial charge is 0.389 e. The maximum absolute atomic E-state index is 11.8. The average molecular weight is 298 g/mol. The Balaban J connectivity index is 2.31. The van der Waals surface area contributed by atoms with Crippen molar-refractivity contribution in [2.75, 3.05) is 18.5 Å². The van der Waals surface area contributed by atoms with E-state index in [4.69, 9.17) is 29.6 Å². The Labute approximate surface area is 122 Å². The van der Waals surface area contributed by atoms with E-state index in [9.17, 15) is 4.79 Å². The van der Waals surface area contributed by atoms with Crippen molar-refractivity contribution < 1.29 is 4.79 Å². The summed E-state index contributed by atoms with van der Waals surface area (Å²) in [4.78, 5) is 14.2. The van der Waals surface area contributed by atoms with Crippen LogP contribution in [0.3, 0.4) is 0 Å². The van der Waals surface area contributed by atoms with Crippen molar-refractivity contribution >= 4 is 40.4 Å². The number of likely N-dealkylation sites (N-methyl/N-ethyl adjacent to an activating group) is 1. The molecule has 102 valence electrons. The third kappa shape index (κ3) is 2.82. The first kappa shape index (κ1) is 14.1. The van der Waals surface area contributed by atoms with Gasteiger partial charge in [-0.25, -0.2) is 0 Å². The van der Waals surface area contributed by atoms with E-state index < -0.39 is 0 Å². The summed E-state index contributed by atoms with van der Waals surface area (Å²) >= 11 is 11.2. The minimum atomic E-state index is -0.154. The van der Waals surface area contributed by atoms with E-state index in [1.165, 1.54) is 0 Å². The Bertz CT molecular complexity index is 521. The van der Waals surface area contributed by atoms with Gasteiger partial charge in [-0.15, -0.1) is 0 Å². The standard InChI is InChI=1S/C13H16ClN3OS/c1-16-13(18)11-3-2-6-17(11)10-5-4-8(12(15)19)7-9(10)14/h4-5,7,11H,2-3,6H2,1H3,(H2,15,19)(H,16,18). The summed E-state index contributed by atoms with van der Waals surface area (Å²) < 4.78 is 0. The number of halogens is 1. The molecule has 19 heavy (non-hydrogen) atoms. The molecule has 2 rings (SSSR count). The third-order valence-electron chi connectivity index (χ3n) is 3.34. The molecule has 4 nitrogen and oxygen atoms in total. The molecule has 0 aliphatic carbocycles. The van der Waals surface area contributed by atoms with E-state index in [0.29, 0.717) is 10.0 Å². The van der Waals surface area contributed by atoms with Crippen molar-refractivity contribution in [3.63, 3.8) is 0 Å². The highest BCUT2D eigenvalue weighted by atomic mass is 35.5. The van der Waals surface area contributed by atoms with Gasteiger partial charge < -0.3 is 16.0 Å². The molecule has 0 spiro atoms. The van der Waals surface area contributed by atoms with Crippen molar-refractivity contribution in [1.82, 2.24) is 5.32 Å². The maximum atomic E-state index is 11.8. The third-order valence-corrected chi connectivity index (χ3v) is 3.88. The SMILES string of the molecule is CNC(=O)C1CCCN1c1ccc(C(N)=S)cc1Cl. The number of rotatable bonds is 3.